The van der Waals surface area contributed by atoms with Gasteiger partial charge in [0.25, 0.3) is 5.91 Å². The first-order valence-electron chi connectivity index (χ1n) is 12.7. The van der Waals surface area contributed by atoms with E-state index in [1.54, 1.807) is 12.1 Å². The highest BCUT2D eigenvalue weighted by molar-refractivity contribution is 5.99. The Labute approximate surface area is 237 Å². The first kappa shape index (κ1) is 28.5. The van der Waals surface area contributed by atoms with Crippen molar-refractivity contribution in [3.05, 3.63) is 100 Å². The fourth-order valence-electron chi connectivity index (χ4n) is 4.78. The normalized spacial score (nSPS) is 12.2. The van der Waals surface area contributed by atoms with E-state index in [-0.39, 0.29) is 48.8 Å². The summed E-state index contributed by atoms with van der Waals surface area (Å²) in [6.45, 7) is -0.222. The number of halogens is 3. The van der Waals surface area contributed by atoms with Crippen molar-refractivity contribution < 1.29 is 37.0 Å². The van der Waals surface area contributed by atoms with Crippen molar-refractivity contribution in [2.75, 3.05) is 18.6 Å². The molecule has 0 spiro atoms. The lowest BCUT2D eigenvalue weighted by Gasteiger charge is -2.25. The Balaban J connectivity index is 1.56. The van der Waals surface area contributed by atoms with Crippen LogP contribution >= 0.6 is 0 Å². The number of anilines is 1. The molecule has 0 radical (unpaired) electrons. The Morgan fingerprint density at radius 2 is 1.83 bits per heavy atom. The smallest absolute Gasteiger partial charge is 0.356 e. The number of methoxy groups -OCH3 is 1. The van der Waals surface area contributed by atoms with Gasteiger partial charge in [-0.2, -0.15) is 5.10 Å². The zero-order valence-electron chi connectivity index (χ0n) is 22.3. The molecule has 5 rings (SSSR count). The molecule has 0 saturated carbocycles. The second-order valence-electron chi connectivity index (χ2n) is 9.42. The van der Waals surface area contributed by atoms with Crippen LogP contribution in [0.5, 0.6) is 0 Å². The first-order valence-corrected chi connectivity index (χ1v) is 12.7. The quantitative estimate of drug-likeness (QED) is 0.300. The van der Waals surface area contributed by atoms with Gasteiger partial charge in [-0.15, -0.1) is 0 Å². The third kappa shape index (κ3) is 5.72. The number of nitrogens with two attached hydrogens (primary N) is 1. The summed E-state index contributed by atoms with van der Waals surface area (Å²) in [7, 11) is 1.21. The Morgan fingerprint density at radius 3 is 2.55 bits per heavy atom. The lowest BCUT2D eigenvalue weighted by atomic mass is 10.0. The standard InChI is InChI=1S/C29H24F3N5O5/c1-41-29(40)26-22-14-42-15-24(22)35-37(26)13-25(38)36(8-6-16-9-18(30)12-19(31)10-16)28-20(3-2-7-34-28)17-4-5-23(32)21(11-17)27(33)39/h2-5,7,9-12H,6,8,13-15H2,1H3,(H2,33,39). The van der Waals surface area contributed by atoms with Gasteiger partial charge >= 0.3 is 5.97 Å². The average Bonchev–Trinajstić information content (AvgIpc) is 3.53. The lowest BCUT2D eigenvalue weighted by molar-refractivity contribution is -0.119. The molecule has 0 aliphatic carbocycles. The van der Waals surface area contributed by atoms with Gasteiger partial charge in [-0.05, 0) is 53.9 Å². The van der Waals surface area contributed by atoms with Crippen molar-refractivity contribution in [2.45, 2.75) is 26.2 Å². The monoisotopic (exact) mass is 579 g/mol. The molecule has 42 heavy (non-hydrogen) atoms. The van der Waals surface area contributed by atoms with Crippen LogP contribution in [0.4, 0.5) is 19.0 Å². The molecule has 2 aromatic carbocycles. The van der Waals surface area contributed by atoms with Crippen LogP contribution in [0.2, 0.25) is 0 Å². The number of pyridine rings is 1. The van der Waals surface area contributed by atoms with Gasteiger partial charge < -0.3 is 15.2 Å². The van der Waals surface area contributed by atoms with E-state index in [4.69, 9.17) is 15.2 Å². The van der Waals surface area contributed by atoms with Crippen molar-refractivity contribution in [3.63, 3.8) is 0 Å². The third-order valence-electron chi connectivity index (χ3n) is 6.72. The Kier molecular flexibility index (Phi) is 8.02. The molecule has 3 heterocycles. The van der Waals surface area contributed by atoms with Gasteiger partial charge in [0.15, 0.2) is 5.69 Å². The first-order chi connectivity index (χ1) is 20.2. The van der Waals surface area contributed by atoms with Gasteiger partial charge in [-0.3, -0.25) is 14.5 Å². The third-order valence-corrected chi connectivity index (χ3v) is 6.72. The highest BCUT2D eigenvalue weighted by Crippen LogP contribution is 2.31. The number of benzene rings is 2. The molecule has 0 saturated heterocycles. The highest BCUT2D eigenvalue weighted by atomic mass is 19.1. The molecule has 216 valence electrons. The zero-order chi connectivity index (χ0) is 30.0. The van der Waals surface area contributed by atoms with Gasteiger partial charge in [-0.25, -0.2) is 27.6 Å². The average molecular weight is 580 g/mol. The summed E-state index contributed by atoms with van der Waals surface area (Å²) in [5.74, 6) is -4.51. The Morgan fingerprint density at radius 1 is 1.07 bits per heavy atom. The van der Waals surface area contributed by atoms with Crippen LogP contribution < -0.4 is 10.6 Å². The number of hydrogen-bond acceptors (Lipinski definition) is 7. The number of fused-ring (bicyclic) bond motifs is 1. The second kappa shape index (κ2) is 11.8. The molecule has 10 nitrogen and oxygen atoms in total. The molecular formula is C29H24F3N5O5. The minimum absolute atomic E-state index is 0.0275. The number of rotatable bonds is 9. The van der Waals surface area contributed by atoms with Crippen molar-refractivity contribution >= 4 is 23.6 Å². The van der Waals surface area contributed by atoms with Crippen LogP contribution in [-0.2, 0) is 40.4 Å². The van der Waals surface area contributed by atoms with Crippen molar-refractivity contribution in [1.29, 1.82) is 0 Å². The number of carbonyl (C=O) groups is 3. The lowest BCUT2D eigenvalue weighted by Crippen LogP contribution is -2.37. The topological polar surface area (TPSA) is 130 Å². The zero-order valence-corrected chi connectivity index (χ0v) is 22.3. The van der Waals surface area contributed by atoms with E-state index >= 15 is 0 Å². The van der Waals surface area contributed by atoms with Crippen molar-refractivity contribution in [2.24, 2.45) is 5.73 Å². The summed E-state index contributed by atoms with van der Waals surface area (Å²) < 4.78 is 53.5. The molecule has 0 bridgehead atoms. The van der Waals surface area contributed by atoms with E-state index in [9.17, 15) is 27.6 Å². The maximum absolute atomic E-state index is 14.2. The summed E-state index contributed by atoms with van der Waals surface area (Å²) in [6, 6.07) is 9.96. The minimum Gasteiger partial charge on any atom is -0.464 e. The molecule has 2 amide bonds. The predicted octanol–water partition coefficient (Wildman–Crippen LogP) is 3.55. The molecule has 1 aliphatic heterocycles. The fourth-order valence-corrected chi connectivity index (χ4v) is 4.78. The van der Waals surface area contributed by atoms with Gasteiger partial charge in [0, 0.05) is 29.9 Å². The number of ether oxygens (including phenoxy) is 2. The fraction of sp³-hybridized carbons (Fsp3) is 0.207. The van der Waals surface area contributed by atoms with Gasteiger partial charge in [0.05, 0.1) is 31.6 Å². The summed E-state index contributed by atoms with van der Waals surface area (Å²) >= 11 is 0. The number of nitrogens with zero attached hydrogens (tertiary/aromatic N) is 4. The molecule has 2 aromatic heterocycles. The molecule has 0 unspecified atom stereocenters. The Hall–Kier alpha value is -5.04. The summed E-state index contributed by atoms with van der Waals surface area (Å²) in [6.07, 6.45) is 1.46. The van der Waals surface area contributed by atoms with Gasteiger partial charge in [0.1, 0.15) is 29.8 Å². The van der Waals surface area contributed by atoms with Crippen LogP contribution in [0.15, 0.2) is 54.7 Å². The molecule has 4 aromatic rings. The van der Waals surface area contributed by atoms with Crippen LogP contribution in [0, 0.1) is 17.5 Å². The van der Waals surface area contributed by atoms with Crippen LogP contribution in [-0.4, -0.2) is 46.2 Å². The predicted molar refractivity (Wildman–Crippen MR) is 143 cm³/mol. The summed E-state index contributed by atoms with van der Waals surface area (Å²) in [4.78, 5) is 44.0. The van der Waals surface area contributed by atoms with E-state index in [1.807, 2.05) is 0 Å². The van der Waals surface area contributed by atoms with Gasteiger partial charge in [-0.1, -0.05) is 6.07 Å². The van der Waals surface area contributed by atoms with E-state index in [1.165, 1.54) is 35.0 Å². The van der Waals surface area contributed by atoms with Crippen LogP contribution in [0.1, 0.15) is 37.7 Å². The molecular weight excluding hydrogens is 555 g/mol. The van der Waals surface area contributed by atoms with Gasteiger partial charge in [0.2, 0.25) is 5.91 Å². The van der Waals surface area contributed by atoms with E-state index in [2.05, 4.69) is 10.1 Å². The van der Waals surface area contributed by atoms with E-state index in [0.29, 0.717) is 22.4 Å². The maximum Gasteiger partial charge on any atom is 0.356 e. The van der Waals surface area contributed by atoms with E-state index < -0.39 is 41.8 Å². The summed E-state index contributed by atoms with van der Waals surface area (Å²) in [5, 5.41) is 4.37. The number of amides is 2. The Bertz CT molecular complexity index is 1690. The number of hydrogen-bond donors (Lipinski definition) is 1. The number of carbonyl (C=O) groups excluding carboxylic acids is 3. The van der Waals surface area contributed by atoms with Crippen molar-refractivity contribution in [1.82, 2.24) is 14.8 Å². The van der Waals surface area contributed by atoms with Crippen LogP contribution in [0.3, 0.4) is 0 Å². The maximum atomic E-state index is 14.2. The summed E-state index contributed by atoms with van der Waals surface area (Å²) in [5.41, 5.74) is 7.03. The molecule has 0 atom stereocenters. The number of aromatic nitrogens is 3. The molecule has 2 N–H and O–H groups in total. The van der Waals surface area contributed by atoms with Crippen LogP contribution in [0.25, 0.3) is 11.1 Å². The molecule has 0 fully saturated rings. The number of primary amides is 1. The van der Waals surface area contributed by atoms with E-state index in [0.717, 1.165) is 24.3 Å². The minimum atomic E-state index is -0.980. The SMILES string of the molecule is COC(=O)c1c2c(nn1CC(=O)N(CCc1cc(F)cc(F)c1)c1ncccc1-c1ccc(F)c(C(N)=O)c1)COC2. The highest BCUT2D eigenvalue weighted by Gasteiger charge is 2.30. The number of esters is 1. The second-order valence-corrected chi connectivity index (χ2v) is 9.42. The molecule has 13 heteroatoms. The molecule has 1 aliphatic rings. The van der Waals surface area contributed by atoms with Crippen molar-refractivity contribution in [3.8, 4) is 11.1 Å². The largest absolute Gasteiger partial charge is 0.464 e.